The maximum atomic E-state index is 12.6. The standard InChI is InChI=1S/C17H25NO2/c1-4-20-16-6-5-14(11-15(16)12(2)3)17(19)13-7-9-18-10-8-13/h5-6,11-13,18H,4,7-10H2,1-3H3. The van der Waals surface area contributed by atoms with Gasteiger partial charge in [0.05, 0.1) is 6.61 Å². The highest BCUT2D eigenvalue weighted by Crippen LogP contribution is 2.29. The van der Waals surface area contributed by atoms with Gasteiger partial charge in [0.25, 0.3) is 0 Å². The van der Waals surface area contributed by atoms with E-state index in [1.54, 1.807) is 0 Å². The molecule has 1 aliphatic heterocycles. The zero-order valence-corrected chi connectivity index (χ0v) is 12.7. The minimum atomic E-state index is 0.175. The first-order valence-corrected chi connectivity index (χ1v) is 7.65. The van der Waals surface area contributed by atoms with Gasteiger partial charge in [0.2, 0.25) is 0 Å². The van der Waals surface area contributed by atoms with Crippen LogP contribution in [0.5, 0.6) is 5.75 Å². The summed E-state index contributed by atoms with van der Waals surface area (Å²) in [5.41, 5.74) is 1.97. The molecular weight excluding hydrogens is 250 g/mol. The van der Waals surface area contributed by atoms with E-state index in [0.717, 1.165) is 42.8 Å². The molecule has 0 radical (unpaired) electrons. The molecule has 3 nitrogen and oxygen atoms in total. The van der Waals surface area contributed by atoms with E-state index in [-0.39, 0.29) is 11.7 Å². The molecule has 0 spiro atoms. The molecule has 0 atom stereocenters. The summed E-state index contributed by atoms with van der Waals surface area (Å²) in [4.78, 5) is 12.6. The molecule has 1 saturated heterocycles. The van der Waals surface area contributed by atoms with Crippen LogP contribution in [-0.4, -0.2) is 25.5 Å². The molecular formula is C17H25NO2. The van der Waals surface area contributed by atoms with Crippen molar-refractivity contribution in [2.75, 3.05) is 19.7 Å². The van der Waals surface area contributed by atoms with Crippen molar-refractivity contribution in [1.29, 1.82) is 0 Å². The summed E-state index contributed by atoms with van der Waals surface area (Å²) in [6.07, 6.45) is 1.89. The fourth-order valence-corrected chi connectivity index (χ4v) is 2.76. The minimum absolute atomic E-state index is 0.175. The molecule has 3 heteroatoms. The molecule has 1 aromatic rings. The van der Waals surface area contributed by atoms with Crippen molar-refractivity contribution in [2.24, 2.45) is 5.92 Å². The zero-order chi connectivity index (χ0) is 14.5. The average Bonchev–Trinajstić information content (AvgIpc) is 2.48. The zero-order valence-electron chi connectivity index (χ0n) is 12.7. The number of piperidine rings is 1. The first kappa shape index (κ1) is 15.0. The molecule has 1 heterocycles. The third-order valence-corrected chi connectivity index (χ3v) is 3.93. The van der Waals surface area contributed by atoms with Gasteiger partial charge in [-0.3, -0.25) is 4.79 Å². The lowest BCUT2D eigenvalue weighted by Crippen LogP contribution is -2.31. The number of hydrogen-bond acceptors (Lipinski definition) is 3. The molecule has 1 aliphatic rings. The van der Waals surface area contributed by atoms with E-state index >= 15 is 0 Å². The maximum Gasteiger partial charge on any atom is 0.166 e. The van der Waals surface area contributed by atoms with E-state index in [1.807, 2.05) is 25.1 Å². The Morgan fingerprint density at radius 1 is 1.35 bits per heavy atom. The second-order valence-corrected chi connectivity index (χ2v) is 5.73. The van der Waals surface area contributed by atoms with Crippen LogP contribution in [0.2, 0.25) is 0 Å². The Kier molecular flexibility index (Phi) is 5.18. The number of carbonyl (C=O) groups is 1. The van der Waals surface area contributed by atoms with Gasteiger partial charge in [-0.25, -0.2) is 0 Å². The van der Waals surface area contributed by atoms with Crippen LogP contribution in [-0.2, 0) is 0 Å². The van der Waals surface area contributed by atoms with E-state index in [0.29, 0.717) is 12.5 Å². The molecule has 0 aliphatic carbocycles. The van der Waals surface area contributed by atoms with Crippen molar-refractivity contribution in [3.63, 3.8) is 0 Å². The number of Topliss-reactive ketones (excluding diaryl/α,β-unsaturated/α-hetero) is 1. The van der Waals surface area contributed by atoms with Crippen LogP contribution in [0.1, 0.15) is 55.5 Å². The van der Waals surface area contributed by atoms with E-state index in [2.05, 4.69) is 19.2 Å². The molecule has 1 aromatic carbocycles. The van der Waals surface area contributed by atoms with Gasteiger partial charge in [0, 0.05) is 11.5 Å². The quantitative estimate of drug-likeness (QED) is 0.837. The highest BCUT2D eigenvalue weighted by molar-refractivity contribution is 5.98. The molecule has 1 fully saturated rings. The fraction of sp³-hybridized carbons (Fsp3) is 0.588. The number of rotatable bonds is 5. The molecule has 0 unspecified atom stereocenters. The van der Waals surface area contributed by atoms with Crippen LogP contribution in [0.25, 0.3) is 0 Å². The largest absolute Gasteiger partial charge is 0.494 e. The number of ether oxygens (including phenoxy) is 1. The van der Waals surface area contributed by atoms with Gasteiger partial charge < -0.3 is 10.1 Å². The number of hydrogen-bond donors (Lipinski definition) is 1. The van der Waals surface area contributed by atoms with Gasteiger partial charge in [-0.2, -0.15) is 0 Å². The van der Waals surface area contributed by atoms with E-state index < -0.39 is 0 Å². The molecule has 110 valence electrons. The third-order valence-electron chi connectivity index (χ3n) is 3.93. The van der Waals surface area contributed by atoms with Crippen LogP contribution in [0, 0.1) is 5.92 Å². The first-order chi connectivity index (χ1) is 9.63. The third kappa shape index (κ3) is 3.40. The highest BCUT2D eigenvalue weighted by Gasteiger charge is 2.23. The van der Waals surface area contributed by atoms with Gasteiger partial charge in [0.15, 0.2) is 5.78 Å². The fourth-order valence-electron chi connectivity index (χ4n) is 2.76. The topological polar surface area (TPSA) is 38.3 Å². The van der Waals surface area contributed by atoms with E-state index in [9.17, 15) is 4.79 Å². The molecule has 1 N–H and O–H groups in total. The number of nitrogens with one attached hydrogen (secondary N) is 1. The molecule has 2 rings (SSSR count). The second kappa shape index (κ2) is 6.89. The number of benzene rings is 1. The summed E-state index contributed by atoms with van der Waals surface area (Å²) in [5, 5.41) is 3.30. The molecule has 0 bridgehead atoms. The Morgan fingerprint density at radius 2 is 2.05 bits per heavy atom. The minimum Gasteiger partial charge on any atom is -0.494 e. The van der Waals surface area contributed by atoms with Gasteiger partial charge in [-0.05, 0) is 62.5 Å². The predicted molar refractivity (Wildman–Crippen MR) is 81.6 cm³/mol. The maximum absolute atomic E-state index is 12.6. The molecule has 20 heavy (non-hydrogen) atoms. The van der Waals surface area contributed by atoms with Gasteiger partial charge in [0.1, 0.15) is 5.75 Å². The van der Waals surface area contributed by atoms with E-state index in [1.165, 1.54) is 0 Å². The van der Waals surface area contributed by atoms with Crippen molar-refractivity contribution in [3.8, 4) is 5.75 Å². The molecule has 0 amide bonds. The van der Waals surface area contributed by atoms with Crippen LogP contribution >= 0.6 is 0 Å². The van der Waals surface area contributed by atoms with Crippen molar-refractivity contribution in [2.45, 2.75) is 39.5 Å². The Balaban J connectivity index is 2.23. The van der Waals surface area contributed by atoms with Crippen LogP contribution in [0.4, 0.5) is 0 Å². The number of carbonyl (C=O) groups excluding carboxylic acids is 1. The first-order valence-electron chi connectivity index (χ1n) is 7.65. The van der Waals surface area contributed by atoms with Crippen LogP contribution < -0.4 is 10.1 Å². The normalized spacial score (nSPS) is 16.4. The summed E-state index contributed by atoms with van der Waals surface area (Å²) < 4.78 is 5.66. The summed E-state index contributed by atoms with van der Waals surface area (Å²) >= 11 is 0. The second-order valence-electron chi connectivity index (χ2n) is 5.73. The predicted octanol–water partition coefficient (Wildman–Crippen LogP) is 3.39. The van der Waals surface area contributed by atoms with Gasteiger partial charge >= 0.3 is 0 Å². The SMILES string of the molecule is CCOc1ccc(C(=O)C2CCNCC2)cc1C(C)C. The van der Waals surface area contributed by atoms with Gasteiger partial charge in [-0.1, -0.05) is 13.8 Å². The van der Waals surface area contributed by atoms with Crippen molar-refractivity contribution >= 4 is 5.78 Å². The van der Waals surface area contributed by atoms with Crippen LogP contribution in [0.15, 0.2) is 18.2 Å². The monoisotopic (exact) mass is 275 g/mol. The Labute approximate surface area is 121 Å². The Bertz CT molecular complexity index is 462. The van der Waals surface area contributed by atoms with Crippen molar-refractivity contribution < 1.29 is 9.53 Å². The lowest BCUT2D eigenvalue weighted by molar-refractivity contribution is 0.0895. The van der Waals surface area contributed by atoms with Gasteiger partial charge in [-0.15, -0.1) is 0 Å². The Hall–Kier alpha value is -1.35. The summed E-state index contributed by atoms with van der Waals surface area (Å²) in [5.74, 6) is 1.73. The molecule has 0 aromatic heterocycles. The summed E-state index contributed by atoms with van der Waals surface area (Å²) in [6.45, 7) is 8.81. The highest BCUT2D eigenvalue weighted by atomic mass is 16.5. The summed E-state index contributed by atoms with van der Waals surface area (Å²) in [6, 6.07) is 5.90. The summed E-state index contributed by atoms with van der Waals surface area (Å²) in [7, 11) is 0. The Morgan fingerprint density at radius 3 is 2.65 bits per heavy atom. The van der Waals surface area contributed by atoms with Crippen molar-refractivity contribution in [3.05, 3.63) is 29.3 Å². The van der Waals surface area contributed by atoms with Crippen LogP contribution in [0.3, 0.4) is 0 Å². The lowest BCUT2D eigenvalue weighted by Gasteiger charge is -2.22. The smallest absolute Gasteiger partial charge is 0.166 e. The number of ketones is 1. The molecule has 0 saturated carbocycles. The van der Waals surface area contributed by atoms with Crippen molar-refractivity contribution in [1.82, 2.24) is 5.32 Å². The average molecular weight is 275 g/mol. The lowest BCUT2D eigenvalue weighted by atomic mass is 9.88. The van der Waals surface area contributed by atoms with E-state index in [4.69, 9.17) is 4.74 Å².